The molecule has 0 saturated carbocycles. The van der Waals surface area contributed by atoms with Crippen molar-refractivity contribution in [2.75, 3.05) is 0 Å². The fraction of sp³-hybridized carbons (Fsp3) is 0.412. The Bertz CT molecular complexity index is 494. The third-order valence-electron chi connectivity index (χ3n) is 3.54. The topological polar surface area (TPSA) is 12.0 Å². The molecule has 0 radical (unpaired) electrons. The van der Waals surface area contributed by atoms with E-state index in [2.05, 4.69) is 69.4 Å². The Balaban J connectivity index is 2.06. The maximum atomic E-state index is 3.70. The van der Waals surface area contributed by atoms with Crippen molar-refractivity contribution in [2.45, 2.75) is 40.3 Å². The largest absolute Gasteiger partial charge is 0.305 e. The summed E-state index contributed by atoms with van der Waals surface area (Å²) in [5.74, 6) is 0.588. The third kappa shape index (κ3) is 3.68. The number of hydrogen-bond donors (Lipinski definition) is 1. The molecule has 1 heterocycles. The van der Waals surface area contributed by atoms with E-state index in [4.69, 9.17) is 0 Å². The van der Waals surface area contributed by atoms with Crippen molar-refractivity contribution in [1.82, 2.24) is 5.32 Å². The quantitative estimate of drug-likeness (QED) is 0.821. The Morgan fingerprint density at radius 3 is 2.32 bits per heavy atom. The fourth-order valence-electron chi connectivity index (χ4n) is 2.35. The third-order valence-corrected chi connectivity index (χ3v) is 4.69. The van der Waals surface area contributed by atoms with Gasteiger partial charge < -0.3 is 5.32 Å². The smallest absolute Gasteiger partial charge is 0.0346 e. The molecule has 0 bridgehead atoms. The van der Waals surface area contributed by atoms with Gasteiger partial charge in [0.2, 0.25) is 0 Å². The van der Waals surface area contributed by atoms with E-state index in [-0.39, 0.29) is 0 Å². The van der Waals surface area contributed by atoms with E-state index in [9.17, 15) is 0 Å². The predicted molar refractivity (Wildman–Crippen MR) is 84.7 cm³/mol. The molecule has 19 heavy (non-hydrogen) atoms. The van der Waals surface area contributed by atoms with Gasteiger partial charge in [0.15, 0.2) is 0 Å². The van der Waals surface area contributed by atoms with Crippen LogP contribution < -0.4 is 5.32 Å². The summed E-state index contributed by atoms with van der Waals surface area (Å²) in [4.78, 5) is 2.86. The number of thiophene rings is 1. The first-order valence-electron chi connectivity index (χ1n) is 6.92. The first-order valence-corrected chi connectivity index (χ1v) is 7.74. The van der Waals surface area contributed by atoms with Crippen LogP contribution in [0.4, 0.5) is 0 Å². The molecule has 1 aromatic carbocycles. The molecule has 2 aromatic rings. The minimum Gasteiger partial charge on any atom is -0.305 e. The van der Waals surface area contributed by atoms with E-state index < -0.39 is 0 Å². The van der Waals surface area contributed by atoms with Crippen LogP contribution in [0.2, 0.25) is 0 Å². The minimum absolute atomic E-state index is 0.420. The second-order valence-electron chi connectivity index (χ2n) is 5.47. The van der Waals surface area contributed by atoms with Crippen molar-refractivity contribution >= 4 is 11.3 Å². The molecule has 2 heteroatoms. The lowest BCUT2D eigenvalue weighted by Gasteiger charge is -2.22. The van der Waals surface area contributed by atoms with Gasteiger partial charge in [0.05, 0.1) is 0 Å². The first-order chi connectivity index (χ1) is 9.08. The van der Waals surface area contributed by atoms with Gasteiger partial charge in [-0.2, -0.15) is 0 Å². The van der Waals surface area contributed by atoms with E-state index in [0.717, 1.165) is 6.54 Å². The summed E-state index contributed by atoms with van der Waals surface area (Å²) in [5, 5.41) is 3.70. The number of nitrogens with one attached hydrogen (secondary N) is 1. The molecule has 1 unspecified atom stereocenters. The molecule has 0 aliphatic rings. The zero-order valence-electron chi connectivity index (χ0n) is 12.2. The second-order valence-corrected chi connectivity index (χ2v) is 6.81. The molecular formula is C17H23NS. The Morgan fingerprint density at radius 1 is 1.11 bits per heavy atom. The Kier molecular flexibility index (Phi) is 4.78. The van der Waals surface area contributed by atoms with Crippen LogP contribution in [0.3, 0.4) is 0 Å². The van der Waals surface area contributed by atoms with Crippen LogP contribution in [0.25, 0.3) is 0 Å². The lowest BCUT2D eigenvalue weighted by atomic mass is 9.96. The molecular weight excluding hydrogens is 250 g/mol. The minimum atomic E-state index is 0.420. The molecule has 0 aliphatic carbocycles. The Labute approximate surface area is 120 Å². The van der Waals surface area contributed by atoms with Crippen LogP contribution in [0.15, 0.2) is 36.4 Å². The molecule has 0 saturated heterocycles. The number of hydrogen-bond acceptors (Lipinski definition) is 2. The second kappa shape index (κ2) is 6.36. The van der Waals surface area contributed by atoms with Crippen molar-refractivity contribution in [1.29, 1.82) is 0 Å². The van der Waals surface area contributed by atoms with Crippen molar-refractivity contribution in [3.63, 3.8) is 0 Å². The molecule has 1 nitrogen and oxygen atoms in total. The maximum Gasteiger partial charge on any atom is 0.0346 e. The molecule has 0 aliphatic heterocycles. The number of aryl methyl sites for hydroxylation is 2. The summed E-state index contributed by atoms with van der Waals surface area (Å²) in [5.41, 5.74) is 2.78. The van der Waals surface area contributed by atoms with E-state index in [1.165, 1.54) is 20.9 Å². The monoisotopic (exact) mass is 273 g/mol. The molecule has 102 valence electrons. The van der Waals surface area contributed by atoms with E-state index in [1.54, 1.807) is 0 Å². The average Bonchev–Trinajstić information content (AvgIpc) is 2.70. The molecule has 0 fully saturated rings. The number of benzene rings is 1. The van der Waals surface area contributed by atoms with Crippen LogP contribution in [-0.2, 0) is 6.54 Å². The van der Waals surface area contributed by atoms with Crippen molar-refractivity contribution < 1.29 is 0 Å². The van der Waals surface area contributed by atoms with Gasteiger partial charge in [0.25, 0.3) is 0 Å². The Hall–Kier alpha value is -1.12. The van der Waals surface area contributed by atoms with Gasteiger partial charge in [0.1, 0.15) is 0 Å². The van der Waals surface area contributed by atoms with Crippen molar-refractivity contribution in [3.8, 4) is 0 Å². The maximum absolute atomic E-state index is 3.70. The van der Waals surface area contributed by atoms with Crippen LogP contribution in [-0.4, -0.2) is 0 Å². The molecule has 1 atom stereocenters. The summed E-state index contributed by atoms with van der Waals surface area (Å²) < 4.78 is 0. The summed E-state index contributed by atoms with van der Waals surface area (Å²) >= 11 is 1.90. The van der Waals surface area contributed by atoms with Crippen molar-refractivity contribution in [3.05, 3.63) is 57.3 Å². The van der Waals surface area contributed by atoms with Gasteiger partial charge in [-0.25, -0.2) is 0 Å². The Morgan fingerprint density at radius 2 is 1.79 bits per heavy atom. The first kappa shape index (κ1) is 14.3. The standard InChI is InChI=1S/C17H23NS/c1-12(2)17(15-8-6-5-7-9-15)18-11-16-10-13(3)14(4)19-16/h5-10,12,17-18H,11H2,1-4H3. The summed E-state index contributed by atoms with van der Waals surface area (Å²) in [6.45, 7) is 9.88. The summed E-state index contributed by atoms with van der Waals surface area (Å²) in [6, 6.07) is 13.5. The average molecular weight is 273 g/mol. The SMILES string of the molecule is Cc1cc(CNC(c2ccccc2)C(C)C)sc1C. The highest BCUT2D eigenvalue weighted by Crippen LogP contribution is 2.24. The zero-order valence-corrected chi connectivity index (χ0v) is 13.1. The lowest BCUT2D eigenvalue weighted by Crippen LogP contribution is -2.24. The van der Waals surface area contributed by atoms with Gasteiger partial charge in [-0.05, 0) is 37.0 Å². The highest BCUT2D eigenvalue weighted by atomic mass is 32.1. The molecule has 2 rings (SSSR count). The summed E-state index contributed by atoms with van der Waals surface area (Å²) in [6.07, 6.45) is 0. The van der Waals surface area contributed by atoms with Crippen molar-refractivity contribution in [2.24, 2.45) is 5.92 Å². The van der Waals surface area contributed by atoms with E-state index >= 15 is 0 Å². The number of rotatable bonds is 5. The van der Waals surface area contributed by atoms with Gasteiger partial charge in [-0.1, -0.05) is 44.2 Å². The highest BCUT2D eigenvalue weighted by Gasteiger charge is 2.15. The van der Waals surface area contributed by atoms with Gasteiger partial charge in [-0.15, -0.1) is 11.3 Å². The molecule has 1 aromatic heterocycles. The van der Waals surface area contributed by atoms with Gasteiger partial charge in [-0.3, -0.25) is 0 Å². The fourth-order valence-corrected chi connectivity index (χ4v) is 3.35. The van der Waals surface area contributed by atoms with Crippen LogP contribution in [0.5, 0.6) is 0 Å². The van der Waals surface area contributed by atoms with Crippen LogP contribution >= 0.6 is 11.3 Å². The van der Waals surface area contributed by atoms with E-state index in [0.29, 0.717) is 12.0 Å². The molecule has 0 amide bonds. The van der Waals surface area contributed by atoms with Gasteiger partial charge in [0, 0.05) is 22.3 Å². The lowest BCUT2D eigenvalue weighted by molar-refractivity contribution is 0.412. The van der Waals surface area contributed by atoms with Crippen LogP contribution in [0, 0.1) is 19.8 Å². The van der Waals surface area contributed by atoms with E-state index in [1.807, 2.05) is 11.3 Å². The normalized spacial score (nSPS) is 12.9. The predicted octanol–water partition coefficient (Wildman–Crippen LogP) is 4.85. The zero-order chi connectivity index (χ0) is 13.8. The molecule has 0 spiro atoms. The molecule has 1 N–H and O–H groups in total. The summed E-state index contributed by atoms with van der Waals surface area (Å²) in [7, 11) is 0. The van der Waals surface area contributed by atoms with Gasteiger partial charge >= 0.3 is 0 Å². The highest BCUT2D eigenvalue weighted by molar-refractivity contribution is 7.12. The van der Waals surface area contributed by atoms with Crippen LogP contribution in [0.1, 0.15) is 40.8 Å².